The van der Waals surface area contributed by atoms with E-state index in [0.717, 1.165) is 11.3 Å². The summed E-state index contributed by atoms with van der Waals surface area (Å²) in [7, 11) is 0. The van der Waals surface area contributed by atoms with Crippen molar-refractivity contribution in [3.63, 3.8) is 0 Å². The van der Waals surface area contributed by atoms with E-state index in [1.165, 1.54) is 0 Å². The SMILES string of the molecule is CCOC(=O)c1sc(CNC(=O)NCc2c(F)c(F)cc(F)c2F)nc1C. The lowest BCUT2D eigenvalue weighted by atomic mass is 10.2. The number of benzene rings is 1. The highest BCUT2D eigenvalue weighted by Crippen LogP contribution is 2.20. The molecule has 11 heteroatoms. The number of carbonyl (C=O) groups excluding carboxylic acids is 2. The molecule has 1 aromatic heterocycles. The van der Waals surface area contributed by atoms with Crippen LogP contribution in [0, 0.1) is 30.2 Å². The van der Waals surface area contributed by atoms with E-state index in [1.54, 1.807) is 13.8 Å². The normalized spacial score (nSPS) is 10.6. The first kappa shape index (κ1) is 20.6. The first-order valence-corrected chi connectivity index (χ1v) is 8.53. The number of hydrogen-bond acceptors (Lipinski definition) is 5. The Hall–Kier alpha value is -2.69. The largest absolute Gasteiger partial charge is 0.462 e. The number of halogens is 4. The van der Waals surface area contributed by atoms with Crippen LogP contribution >= 0.6 is 11.3 Å². The summed E-state index contributed by atoms with van der Waals surface area (Å²) in [6, 6.07) is -0.760. The maximum atomic E-state index is 13.5. The molecule has 0 aliphatic heterocycles. The van der Waals surface area contributed by atoms with E-state index < -0.39 is 47.4 Å². The van der Waals surface area contributed by atoms with Gasteiger partial charge in [0.05, 0.1) is 25.4 Å². The Kier molecular flexibility index (Phi) is 6.72. The second-order valence-corrected chi connectivity index (χ2v) is 6.31. The molecule has 1 heterocycles. The monoisotopic (exact) mass is 405 g/mol. The fourth-order valence-electron chi connectivity index (χ4n) is 2.08. The predicted octanol–water partition coefficient (Wildman–Crippen LogP) is 3.18. The number of ether oxygens (including phenoxy) is 1. The lowest BCUT2D eigenvalue weighted by molar-refractivity contribution is 0.0531. The van der Waals surface area contributed by atoms with Crippen molar-refractivity contribution in [3.05, 3.63) is 50.5 Å². The smallest absolute Gasteiger partial charge is 0.350 e. The molecule has 0 atom stereocenters. The minimum absolute atomic E-state index is 0.0702. The van der Waals surface area contributed by atoms with E-state index >= 15 is 0 Å². The van der Waals surface area contributed by atoms with Gasteiger partial charge in [0.25, 0.3) is 0 Å². The minimum Gasteiger partial charge on any atom is -0.462 e. The molecule has 0 fully saturated rings. The number of hydrogen-bond donors (Lipinski definition) is 2. The van der Waals surface area contributed by atoms with Gasteiger partial charge in [-0.3, -0.25) is 0 Å². The standard InChI is InChI=1S/C16H15F4N3O3S/c1-3-26-15(24)14-7(2)23-11(27-14)6-22-16(25)21-5-8-12(19)9(17)4-10(18)13(8)20/h4H,3,5-6H2,1-2H3,(H2,21,22,25). The van der Waals surface area contributed by atoms with Gasteiger partial charge in [-0.05, 0) is 13.8 Å². The third-order valence-electron chi connectivity index (χ3n) is 3.33. The quantitative estimate of drug-likeness (QED) is 0.440. The summed E-state index contributed by atoms with van der Waals surface area (Å²) in [6.45, 7) is 2.65. The van der Waals surface area contributed by atoms with E-state index in [2.05, 4.69) is 15.6 Å². The molecule has 0 unspecified atom stereocenters. The Labute approximate surface area is 155 Å². The molecule has 0 aliphatic rings. The van der Waals surface area contributed by atoms with Crippen molar-refractivity contribution in [2.75, 3.05) is 6.61 Å². The molecule has 0 radical (unpaired) electrons. The Morgan fingerprint density at radius 3 is 2.30 bits per heavy atom. The zero-order valence-electron chi connectivity index (χ0n) is 14.3. The van der Waals surface area contributed by atoms with Crippen molar-refractivity contribution < 1.29 is 31.9 Å². The summed E-state index contributed by atoms with van der Waals surface area (Å²) in [4.78, 5) is 27.9. The average Bonchev–Trinajstić information content (AvgIpc) is 2.99. The zero-order chi connectivity index (χ0) is 20.1. The molecule has 2 aromatic rings. The van der Waals surface area contributed by atoms with Crippen molar-refractivity contribution in [1.82, 2.24) is 15.6 Å². The van der Waals surface area contributed by atoms with E-state index in [4.69, 9.17) is 4.74 Å². The van der Waals surface area contributed by atoms with Gasteiger partial charge in [0.15, 0.2) is 23.3 Å². The molecule has 1 aromatic carbocycles. The molecule has 0 spiro atoms. The van der Waals surface area contributed by atoms with Gasteiger partial charge in [-0.2, -0.15) is 0 Å². The Bertz CT molecular complexity index is 847. The van der Waals surface area contributed by atoms with Crippen LogP contribution in [0.5, 0.6) is 0 Å². The van der Waals surface area contributed by atoms with Crippen molar-refractivity contribution in [3.8, 4) is 0 Å². The van der Waals surface area contributed by atoms with Crippen LogP contribution in [0.4, 0.5) is 22.4 Å². The molecule has 2 amide bonds. The lowest BCUT2D eigenvalue weighted by Crippen LogP contribution is -2.35. The van der Waals surface area contributed by atoms with Crippen LogP contribution in [0.3, 0.4) is 0 Å². The van der Waals surface area contributed by atoms with E-state index in [1.807, 2.05) is 0 Å². The van der Waals surface area contributed by atoms with Crippen LogP contribution in [-0.4, -0.2) is 23.6 Å². The van der Waals surface area contributed by atoms with Crippen LogP contribution in [-0.2, 0) is 17.8 Å². The van der Waals surface area contributed by atoms with Gasteiger partial charge in [0, 0.05) is 11.6 Å². The van der Waals surface area contributed by atoms with Gasteiger partial charge in [0.2, 0.25) is 0 Å². The molecule has 27 heavy (non-hydrogen) atoms. The van der Waals surface area contributed by atoms with Crippen LogP contribution in [0.15, 0.2) is 6.07 Å². The van der Waals surface area contributed by atoms with Crippen LogP contribution < -0.4 is 10.6 Å². The first-order chi connectivity index (χ1) is 12.7. The Balaban J connectivity index is 1.95. The number of urea groups is 1. The molecule has 0 aliphatic carbocycles. The first-order valence-electron chi connectivity index (χ1n) is 7.71. The Morgan fingerprint density at radius 2 is 1.70 bits per heavy atom. The fourth-order valence-corrected chi connectivity index (χ4v) is 2.98. The summed E-state index contributed by atoms with van der Waals surface area (Å²) >= 11 is 1.03. The molecule has 0 saturated carbocycles. The van der Waals surface area contributed by atoms with Gasteiger partial charge < -0.3 is 15.4 Å². The Morgan fingerprint density at radius 1 is 1.11 bits per heavy atom. The second kappa shape index (κ2) is 8.80. The summed E-state index contributed by atoms with van der Waals surface area (Å²) in [6.07, 6.45) is 0. The second-order valence-electron chi connectivity index (χ2n) is 5.23. The topological polar surface area (TPSA) is 80.3 Å². The summed E-state index contributed by atoms with van der Waals surface area (Å²) in [5, 5.41) is 4.86. The number of esters is 1. The predicted molar refractivity (Wildman–Crippen MR) is 88.2 cm³/mol. The number of carbonyl (C=O) groups is 2. The molecule has 146 valence electrons. The third kappa shape index (κ3) is 4.94. The molecule has 2 N–H and O–H groups in total. The molecule has 6 nitrogen and oxygen atoms in total. The molecular weight excluding hydrogens is 390 g/mol. The van der Waals surface area contributed by atoms with Crippen LogP contribution in [0.1, 0.15) is 32.9 Å². The number of nitrogens with one attached hydrogen (secondary N) is 2. The number of aryl methyl sites for hydroxylation is 1. The molecule has 0 bridgehead atoms. The van der Waals surface area contributed by atoms with Gasteiger partial charge in [-0.1, -0.05) is 0 Å². The van der Waals surface area contributed by atoms with Crippen molar-refractivity contribution >= 4 is 23.3 Å². The molecule has 0 saturated heterocycles. The fraction of sp³-hybridized carbons (Fsp3) is 0.312. The highest BCUT2D eigenvalue weighted by Gasteiger charge is 2.20. The number of aromatic nitrogens is 1. The lowest BCUT2D eigenvalue weighted by Gasteiger charge is -2.09. The van der Waals surface area contributed by atoms with Crippen molar-refractivity contribution in [1.29, 1.82) is 0 Å². The van der Waals surface area contributed by atoms with Gasteiger partial charge >= 0.3 is 12.0 Å². The third-order valence-corrected chi connectivity index (χ3v) is 4.47. The number of nitrogens with zero attached hydrogens (tertiary/aromatic N) is 1. The number of amides is 2. The van der Waals surface area contributed by atoms with Gasteiger partial charge in [-0.15, -0.1) is 11.3 Å². The molecular formula is C16H15F4N3O3S. The van der Waals surface area contributed by atoms with E-state index in [0.29, 0.717) is 15.6 Å². The van der Waals surface area contributed by atoms with Gasteiger partial charge in [-0.25, -0.2) is 32.1 Å². The van der Waals surface area contributed by atoms with Gasteiger partial charge in [0.1, 0.15) is 9.88 Å². The molecule has 2 rings (SSSR count). The van der Waals surface area contributed by atoms with E-state index in [-0.39, 0.29) is 19.2 Å². The summed E-state index contributed by atoms with van der Waals surface area (Å²) in [5.74, 6) is -6.80. The van der Waals surface area contributed by atoms with E-state index in [9.17, 15) is 27.2 Å². The highest BCUT2D eigenvalue weighted by molar-refractivity contribution is 7.13. The maximum absolute atomic E-state index is 13.5. The number of thiazole rings is 1. The summed E-state index contributed by atoms with van der Waals surface area (Å²) in [5.41, 5.74) is -0.493. The van der Waals surface area contributed by atoms with Crippen LogP contribution in [0.2, 0.25) is 0 Å². The van der Waals surface area contributed by atoms with Crippen LogP contribution in [0.25, 0.3) is 0 Å². The highest BCUT2D eigenvalue weighted by atomic mass is 32.1. The van der Waals surface area contributed by atoms with Crippen molar-refractivity contribution in [2.24, 2.45) is 0 Å². The zero-order valence-corrected chi connectivity index (χ0v) is 15.1. The minimum atomic E-state index is -1.58. The summed E-state index contributed by atoms with van der Waals surface area (Å²) < 4.78 is 58.2. The average molecular weight is 405 g/mol. The number of rotatable bonds is 6. The maximum Gasteiger partial charge on any atom is 0.350 e. The van der Waals surface area contributed by atoms with Crippen molar-refractivity contribution in [2.45, 2.75) is 26.9 Å².